The molecule has 1 N–H and O–H groups in total. The van der Waals surface area contributed by atoms with Gasteiger partial charge in [0.2, 0.25) is 0 Å². The third-order valence-electron chi connectivity index (χ3n) is 5.50. The van der Waals surface area contributed by atoms with Gasteiger partial charge in [-0.15, -0.1) is 0 Å². The van der Waals surface area contributed by atoms with E-state index in [4.69, 9.17) is 14.9 Å². The van der Waals surface area contributed by atoms with Crippen molar-refractivity contribution in [2.45, 2.75) is 52.0 Å². The Kier molecular flexibility index (Phi) is 7.51. The zero-order valence-corrected chi connectivity index (χ0v) is 18.8. The summed E-state index contributed by atoms with van der Waals surface area (Å²) in [5, 5.41) is 13.7. The molecule has 0 aliphatic heterocycles. The van der Waals surface area contributed by atoms with Gasteiger partial charge in [0.15, 0.2) is 0 Å². The lowest BCUT2D eigenvalue weighted by Crippen LogP contribution is -2.24. The molecule has 2 aromatic rings. The normalized spacial score (nSPS) is 19.9. The molecule has 6 heteroatoms. The summed E-state index contributed by atoms with van der Waals surface area (Å²) in [5.74, 6) is 0.639. The standard InChI is InChI=1S/C22H29IN2O3/c1-15(2)22-20(23)21(18-6-4-3-5-7-18)24-25(22)12-16-8-10-17(11-9-16)13-28-14-19(26)27/h3-7,15-17H,8-14H2,1-2H3,(H,26,27)/t16-,17-. The third kappa shape index (κ3) is 5.35. The number of halogens is 1. The van der Waals surface area contributed by atoms with Crippen molar-refractivity contribution in [1.29, 1.82) is 0 Å². The van der Waals surface area contributed by atoms with Crippen LogP contribution >= 0.6 is 22.6 Å². The van der Waals surface area contributed by atoms with Gasteiger partial charge in [-0.05, 0) is 66.0 Å². The maximum atomic E-state index is 10.6. The van der Waals surface area contributed by atoms with Gasteiger partial charge >= 0.3 is 5.97 Å². The number of carboxylic acid groups (broad SMARTS) is 1. The SMILES string of the molecule is CC(C)c1c(I)c(-c2ccccc2)nn1C[C@H]1CC[C@H](COCC(=O)O)CC1. The van der Waals surface area contributed by atoms with Gasteiger partial charge in [0.05, 0.1) is 15.9 Å². The van der Waals surface area contributed by atoms with Crippen LogP contribution in [-0.4, -0.2) is 34.1 Å². The Hall–Kier alpha value is -1.41. The van der Waals surface area contributed by atoms with Crippen LogP contribution < -0.4 is 0 Å². The smallest absolute Gasteiger partial charge is 0.329 e. The van der Waals surface area contributed by atoms with E-state index in [1.807, 2.05) is 6.07 Å². The highest BCUT2D eigenvalue weighted by atomic mass is 127. The van der Waals surface area contributed by atoms with E-state index in [2.05, 4.69) is 65.4 Å². The Morgan fingerprint density at radius 3 is 2.46 bits per heavy atom. The topological polar surface area (TPSA) is 64.4 Å². The second kappa shape index (κ2) is 9.87. The summed E-state index contributed by atoms with van der Waals surface area (Å²) in [6.45, 7) is 5.81. The van der Waals surface area contributed by atoms with E-state index in [0.29, 0.717) is 24.4 Å². The highest BCUT2D eigenvalue weighted by molar-refractivity contribution is 14.1. The van der Waals surface area contributed by atoms with Gasteiger partial charge in [-0.2, -0.15) is 5.10 Å². The molecule has 0 unspecified atom stereocenters. The summed E-state index contributed by atoms with van der Waals surface area (Å²) >= 11 is 2.45. The molecule has 0 radical (unpaired) electrons. The lowest BCUT2D eigenvalue weighted by molar-refractivity contribution is -0.142. The van der Waals surface area contributed by atoms with Gasteiger partial charge in [-0.3, -0.25) is 4.68 Å². The summed E-state index contributed by atoms with van der Waals surface area (Å²) in [7, 11) is 0. The molecular formula is C22H29IN2O3. The third-order valence-corrected chi connectivity index (χ3v) is 6.57. The van der Waals surface area contributed by atoms with Gasteiger partial charge in [0, 0.05) is 12.1 Å². The molecule has 0 amide bonds. The van der Waals surface area contributed by atoms with Crippen molar-refractivity contribution in [1.82, 2.24) is 9.78 Å². The average Bonchev–Trinajstić information content (AvgIpc) is 2.99. The summed E-state index contributed by atoms with van der Waals surface area (Å²) in [5.41, 5.74) is 3.58. The Balaban J connectivity index is 1.65. The van der Waals surface area contributed by atoms with Crippen LogP contribution in [0.15, 0.2) is 30.3 Å². The lowest BCUT2D eigenvalue weighted by Gasteiger charge is -2.28. The minimum atomic E-state index is -0.891. The molecule has 5 nitrogen and oxygen atoms in total. The zero-order chi connectivity index (χ0) is 20.1. The van der Waals surface area contributed by atoms with Gasteiger partial charge in [0.1, 0.15) is 12.3 Å². The van der Waals surface area contributed by atoms with Crippen molar-refractivity contribution < 1.29 is 14.6 Å². The summed E-state index contributed by atoms with van der Waals surface area (Å²) in [6.07, 6.45) is 4.50. The van der Waals surface area contributed by atoms with Crippen LogP contribution in [0.2, 0.25) is 0 Å². The molecule has 1 aliphatic carbocycles. The van der Waals surface area contributed by atoms with E-state index in [1.54, 1.807) is 0 Å². The molecule has 0 bridgehead atoms. The van der Waals surface area contributed by atoms with E-state index in [-0.39, 0.29) is 6.61 Å². The van der Waals surface area contributed by atoms with Gasteiger partial charge in [-0.25, -0.2) is 4.79 Å². The van der Waals surface area contributed by atoms with Crippen LogP contribution in [0.25, 0.3) is 11.3 Å². The fraction of sp³-hybridized carbons (Fsp3) is 0.545. The van der Waals surface area contributed by atoms with Crippen molar-refractivity contribution in [2.24, 2.45) is 11.8 Å². The van der Waals surface area contributed by atoms with Crippen LogP contribution in [0, 0.1) is 15.4 Å². The first-order valence-corrected chi connectivity index (χ1v) is 11.1. The van der Waals surface area contributed by atoms with Crippen LogP contribution in [0.3, 0.4) is 0 Å². The van der Waals surface area contributed by atoms with Crippen molar-refractivity contribution in [3.05, 3.63) is 39.6 Å². The largest absolute Gasteiger partial charge is 0.480 e. The van der Waals surface area contributed by atoms with Gasteiger partial charge in [-0.1, -0.05) is 44.2 Å². The van der Waals surface area contributed by atoms with E-state index >= 15 is 0 Å². The number of aromatic nitrogens is 2. The molecule has 0 saturated heterocycles. The van der Waals surface area contributed by atoms with E-state index in [1.165, 1.54) is 14.8 Å². The van der Waals surface area contributed by atoms with Crippen LogP contribution in [-0.2, 0) is 16.1 Å². The number of hydrogen-bond acceptors (Lipinski definition) is 3. The molecule has 1 aromatic heterocycles. The van der Waals surface area contributed by atoms with Crippen molar-refractivity contribution in [3.8, 4) is 11.3 Å². The van der Waals surface area contributed by atoms with Crippen LogP contribution in [0.1, 0.15) is 51.1 Å². The quantitative estimate of drug-likeness (QED) is 0.512. The lowest BCUT2D eigenvalue weighted by atomic mass is 9.82. The predicted octanol–water partition coefficient (Wildman–Crippen LogP) is 5.19. The summed E-state index contributed by atoms with van der Waals surface area (Å²) in [4.78, 5) is 10.6. The number of nitrogens with zero attached hydrogens (tertiary/aromatic N) is 2. The molecule has 3 rings (SSSR count). The Bertz CT molecular complexity index is 781. The fourth-order valence-corrected chi connectivity index (χ4v) is 5.38. The molecule has 0 spiro atoms. The maximum absolute atomic E-state index is 10.6. The van der Waals surface area contributed by atoms with E-state index in [0.717, 1.165) is 37.9 Å². The minimum Gasteiger partial charge on any atom is -0.480 e. The molecule has 1 fully saturated rings. The monoisotopic (exact) mass is 496 g/mol. The van der Waals surface area contributed by atoms with Crippen molar-refractivity contribution in [3.63, 3.8) is 0 Å². The fourth-order valence-electron chi connectivity index (χ4n) is 4.06. The number of hydrogen-bond donors (Lipinski definition) is 1. The number of ether oxygens (including phenoxy) is 1. The Labute approximate surface area is 180 Å². The number of carboxylic acids is 1. The Morgan fingerprint density at radius 1 is 1.21 bits per heavy atom. The van der Waals surface area contributed by atoms with Crippen molar-refractivity contribution >= 4 is 28.6 Å². The molecule has 0 atom stereocenters. The maximum Gasteiger partial charge on any atom is 0.329 e. The van der Waals surface area contributed by atoms with Gasteiger partial charge < -0.3 is 9.84 Å². The molecule has 1 heterocycles. The van der Waals surface area contributed by atoms with Crippen molar-refractivity contribution in [2.75, 3.05) is 13.2 Å². The first-order valence-electron chi connectivity index (χ1n) is 10.1. The molecule has 152 valence electrons. The first-order chi connectivity index (χ1) is 13.5. The molecule has 1 aromatic carbocycles. The summed E-state index contributed by atoms with van der Waals surface area (Å²) in [6, 6.07) is 10.4. The minimum absolute atomic E-state index is 0.189. The number of aliphatic carboxylic acids is 1. The zero-order valence-electron chi connectivity index (χ0n) is 16.6. The molecule has 28 heavy (non-hydrogen) atoms. The van der Waals surface area contributed by atoms with Crippen LogP contribution in [0.4, 0.5) is 0 Å². The Morgan fingerprint density at radius 2 is 1.86 bits per heavy atom. The highest BCUT2D eigenvalue weighted by Crippen LogP contribution is 2.34. The average molecular weight is 496 g/mol. The first kappa shape index (κ1) is 21.3. The molecular weight excluding hydrogens is 467 g/mol. The predicted molar refractivity (Wildman–Crippen MR) is 118 cm³/mol. The molecule has 1 aliphatic rings. The highest BCUT2D eigenvalue weighted by Gasteiger charge is 2.25. The number of carbonyl (C=O) groups is 1. The van der Waals surface area contributed by atoms with E-state index < -0.39 is 5.97 Å². The van der Waals surface area contributed by atoms with Gasteiger partial charge in [0.25, 0.3) is 0 Å². The second-order valence-corrected chi connectivity index (χ2v) is 9.13. The number of benzene rings is 1. The second-order valence-electron chi connectivity index (χ2n) is 8.05. The van der Waals surface area contributed by atoms with Crippen LogP contribution in [0.5, 0.6) is 0 Å². The molecule has 1 saturated carbocycles. The number of rotatable bonds is 8. The summed E-state index contributed by atoms with van der Waals surface area (Å²) < 4.78 is 8.78. The van der Waals surface area contributed by atoms with E-state index in [9.17, 15) is 4.79 Å².